The molecule has 0 aliphatic carbocycles. The molecule has 0 saturated carbocycles. The molecule has 0 bridgehead atoms. The SMILES string of the molecule is O=C(C1CSCN1)N1CCC(OCCO)CC1. The number of carbonyl (C=O) groups is 1. The Morgan fingerprint density at radius 2 is 2.24 bits per heavy atom. The summed E-state index contributed by atoms with van der Waals surface area (Å²) in [6.07, 6.45) is 1.97. The average molecular weight is 260 g/mol. The van der Waals surface area contributed by atoms with E-state index in [1.165, 1.54) is 0 Å². The Morgan fingerprint density at radius 1 is 1.47 bits per heavy atom. The smallest absolute Gasteiger partial charge is 0.240 e. The molecule has 0 aromatic rings. The molecule has 2 heterocycles. The minimum absolute atomic E-state index is 0.00918. The second-order valence-electron chi connectivity index (χ2n) is 4.39. The molecular weight excluding hydrogens is 240 g/mol. The third kappa shape index (κ3) is 3.58. The summed E-state index contributed by atoms with van der Waals surface area (Å²) in [6.45, 7) is 2.03. The zero-order chi connectivity index (χ0) is 12.1. The molecule has 17 heavy (non-hydrogen) atoms. The highest BCUT2D eigenvalue weighted by Crippen LogP contribution is 2.17. The summed E-state index contributed by atoms with van der Waals surface area (Å²) in [5.74, 6) is 2.00. The zero-order valence-electron chi connectivity index (χ0n) is 9.93. The third-order valence-electron chi connectivity index (χ3n) is 3.21. The van der Waals surface area contributed by atoms with E-state index < -0.39 is 0 Å². The average Bonchev–Trinajstić information content (AvgIpc) is 2.90. The molecule has 0 radical (unpaired) electrons. The number of amides is 1. The fraction of sp³-hybridized carbons (Fsp3) is 0.909. The molecule has 0 spiro atoms. The molecule has 0 aromatic carbocycles. The highest BCUT2D eigenvalue weighted by atomic mass is 32.2. The van der Waals surface area contributed by atoms with Gasteiger partial charge in [-0.2, -0.15) is 0 Å². The second-order valence-corrected chi connectivity index (χ2v) is 5.42. The van der Waals surface area contributed by atoms with Crippen molar-refractivity contribution in [2.45, 2.75) is 25.0 Å². The summed E-state index contributed by atoms with van der Waals surface area (Å²) >= 11 is 1.78. The number of carbonyl (C=O) groups excluding carboxylic acids is 1. The first kappa shape index (κ1) is 13.1. The summed E-state index contributed by atoms with van der Waals surface area (Å²) in [5.41, 5.74) is 0. The first-order chi connectivity index (χ1) is 8.31. The Kier molecular flexibility index (Phi) is 5.09. The van der Waals surface area contributed by atoms with Gasteiger partial charge in [0.2, 0.25) is 5.91 Å². The second kappa shape index (κ2) is 6.58. The van der Waals surface area contributed by atoms with Crippen molar-refractivity contribution in [3.05, 3.63) is 0 Å². The monoisotopic (exact) mass is 260 g/mol. The lowest BCUT2D eigenvalue weighted by Crippen LogP contribution is -2.49. The van der Waals surface area contributed by atoms with E-state index in [9.17, 15) is 4.79 Å². The molecule has 2 rings (SSSR count). The molecule has 2 aliphatic heterocycles. The van der Waals surface area contributed by atoms with E-state index in [1.54, 1.807) is 11.8 Å². The van der Waals surface area contributed by atoms with Crippen LogP contribution >= 0.6 is 11.8 Å². The summed E-state index contributed by atoms with van der Waals surface area (Å²) in [5, 5.41) is 11.9. The van der Waals surface area contributed by atoms with Crippen LogP contribution in [-0.2, 0) is 9.53 Å². The third-order valence-corrected chi connectivity index (χ3v) is 4.15. The number of thioether (sulfide) groups is 1. The van der Waals surface area contributed by atoms with Crippen molar-refractivity contribution in [3.8, 4) is 0 Å². The maximum Gasteiger partial charge on any atom is 0.240 e. The molecule has 5 nitrogen and oxygen atoms in total. The molecule has 1 atom stereocenters. The zero-order valence-corrected chi connectivity index (χ0v) is 10.7. The Balaban J connectivity index is 1.72. The van der Waals surface area contributed by atoms with Crippen LogP contribution in [0.3, 0.4) is 0 Å². The lowest BCUT2D eigenvalue weighted by atomic mass is 10.1. The van der Waals surface area contributed by atoms with Gasteiger partial charge >= 0.3 is 0 Å². The normalized spacial score (nSPS) is 26.4. The van der Waals surface area contributed by atoms with Crippen molar-refractivity contribution >= 4 is 17.7 Å². The molecule has 1 amide bonds. The number of nitrogens with zero attached hydrogens (tertiary/aromatic N) is 1. The predicted molar refractivity (Wildman–Crippen MR) is 66.9 cm³/mol. The van der Waals surface area contributed by atoms with Gasteiger partial charge in [0.25, 0.3) is 0 Å². The molecule has 6 heteroatoms. The van der Waals surface area contributed by atoms with Gasteiger partial charge in [-0.15, -0.1) is 11.8 Å². The van der Waals surface area contributed by atoms with Gasteiger partial charge in [-0.25, -0.2) is 0 Å². The van der Waals surface area contributed by atoms with E-state index in [0.29, 0.717) is 6.61 Å². The van der Waals surface area contributed by atoms with E-state index >= 15 is 0 Å². The van der Waals surface area contributed by atoms with E-state index in [0.717, 1.165) is 37.6 Å². The van der Waals surface area contributed by atoms with E-state index in [2.05, 4.69) is 5.32 Å². The van der Waals surface area contributed by atoms with Crippen LogP contribution in [0.15, 0.2) is 0 Å². The van der Waals surface area contributed by atoms with Gasteiger partial charge in [0.1, 0.15) is 0 Å². The van der Waals surface area contributed by atoms with Gasteiger partial charge in [0, 0.05) is 24.7 Å². The van der Waals surface area contributed by atoms with Gasteiger partial charge < -0.3 is 14.7 Å². The number of ether oxygens (including phenoxy) is 1. The maximum absolute atomic E-state index is 12.1. The van der Waals surface area contributed by atoms with Crippen molar-refractivity contribution < 1.29 is 14.6 Å². The van der Waals surface area contributed by atoms with Crippen molar-refractivity contribution in [1.82, 2.24) is 10.2 Å². The quantitative estimate of drug-likeness (QED) is 0.723. The lowest BCUT2D eigenvalue weighted by molar-refractivity contribution is -0.135. The van der Waals surface area contributed by atoms with Crippen LogP contribution in [0.1, 0.15) is 12.8 Å². The molecule has 2 fully saturated rings. The van der Waals surface area contributed by atoms with Crippen LogP contribution in [0.5, 0.6) is 0 Å². The number of hydrogen-bond donors (Lipinski definition) is 2. The Hall–Kier alpha value is -0.300. The summed E-state index contributed by atoms with van der Waals surface area (Å²) < 4.78 is 5.48. The summed E-state index contributed by atoms with van der Waals surface area (Å²) in [6, 6.07) is 0.00918. The largest absolute Gasteiger partial charge is 0.394 e. The molecule has 0 aromatic heterocycles. The predicted octanol–water partition coefficient (Wildman–Crippen LogP) is -0.351. The number of aliphatic hydroxyl groups excluding tert-OH is 1. The van der Waals surface area contributed by atoms with Crippen LogP contribution in [-0.4, -0.2) is 66.0 Å². The highest BCUT2D eigenvalue weighted by molar-refractivity contribution is 7.99. The number of hydrogen-bond acceptors (Lipinski definition) is 5. The van der Waals surface area contributed by atoms with Gasteiger partial charge in [-0.1, -0.05) is 0 Å². The standard InChI is InChI=1S/C11H20N2O3S/c14-5-6-16-9-1-3-13(4-2-9)11(15)10-7-17-8-12-10/h9-10,12,14H,1-8H2. The fourth-order valence-electron chi connectivity index (χ4n) is 2.24. The number of likely N-dealkylation sites (tertiary alicyclic amines) is 1. The fourth-order valence-corrected chi connectivity index (χ4v) is 3.17. The minimum Gasteiger partial charge on any atom is -0.394 e. The minimum atomic E-state index is 0.00918. The van der Waals surface area contributed by atoms with Crippen molar-refractivity contribution in [1.29, 1.82) is 0 Å². The van der Waals surface area contributed by atoms with Crippen molar-refractivity contribution in [2.75, 3.05) is 37.9 Å². The Morgan fingerprint density at radius 3 is 2.82 bits per heavy atom. The van der Waals surface area contributed by atoms with Gasteiger partial charge in [-0.05, 0) is 12.8 Å². The van der Waals surface area contributed by atoms with Gasteiger partial charge in [0.15, 0.2) is 0 Å². The Labute approximate surface area is 106 Å². The first-order valence-corrected chi connectivity index (χ1v) is 7.29. The Bertz CT molecular complexity index is 251. The van der Waals surface area contributed by atoms with Crippen LogP contribution in [0.2, 0.25) is 0 Å². The van der Waals surface area contributed by atoms with E-state index in [-0.39, 0.29) is 24.7 Å². The molecule has 2 saturated heterocycles. The molecule has 2 N–H and O–H groups in total. The number of rotatable bonds is 4. The lowest BCUT2D eigenvalue weighted by Gasteiger charge is -2.33. The number of aliphatic hydroxyl groups is 1. The number of piperidine rings is 1. The summed E-state index contributed by atoms with van der Waals surface area (Å²) in [7, 11) is 0. The first-order valence-electron chi connectivity index (χ1n) is 6.13. The van der Waals surface area contributed by atoms with Crippen LogP contribution in [0.25, 0.3) is 0 Å². The molecular formula is C11H20N2O3S. The maximum atomic E-state index is 12.1. The van der Waals surface area contributed by atoms with Crippen LogP contribution in [0, 0.1) is 0 Å². The van der Waals surface area contributed by atoms with E-state index in [4.69, 9.17) is 9.84 Å². The van der Waals surface area contributed by atoms with Crippen LogP contribution < -0.4 is 5.32 Å². The number of nitrogens with one attached hydrogen (secondary N) is 1. The van der Waals surface area contributed by atoms with Crippen molar-refractivity contribution in [3.63, 3.8) is 0 Å². The molecule has 98 valence electrons. The van der Waals surface area contributed by atoms with Gasteiger partial charge in [-0.3, -0.25) is 10.1 Å². The van der Waals surface area contributed by atoms with Gasteiger partial charge in [0.05, 0.1) is 25.4 Å². The van der Waals surface area contributed by atoms with Crippen molar-refractivity contribution in [2.24, 2.45) is 0 Å². The highest BCUT2D eigenvalue weighted by Gasteiger charge is 2.30. The van der Waals surface area contributed by atoms with Crippen LogP contribution in [0.4, 0.5) is 0 Å². The molecule has 2 aliphatic rings. The summed E-state index contributed by atoms with van der Waals surface area (Å²) in [4.78, 5) is 14.0. The van der Waals surface area contributed by atoms with E-state index in [1.807, 2.05) is 4.90 Å². The topological polar surface area (TPSA) is 61.8 Å². The molecule has 1 unspecified atom stereocenters.